The van der Waals surface area contributed by atoms with Gasteiger partial charge in [0.25, 0.3) is 0 Å². The van der Waals surface area contributed by atoms with E-state index in [9.17, 15) is 0 Å². The van der Waals surface area contributed by atoms with E-state index in [2.05, 4.69) is 67.6 Å². The molecule has 0 radical (unpaired) electrons. The standard InChI is InChI=1S/C20H19ClSe/c1-2-3-9-16-14-15-10-7-8-13-18(15)19(21)20(16)22-17-11-5-4-6-12-17/h4-8,10-14H,2-3,9H2,1H3. The van der Waals surface area contributed by atoms with Crippen molar-refractivity contribution in [2.45, 2.75) is 26.2 Å². The number of hydrogen-bond donors (Lipinski definition) is 0. The molecule has 3 aromatic rings. The summed E-state index contributed by atoms with van der Waals surface area (Å²) in [6.07, 6.45) is 3.54. The first kappa shape index (κ1) is 15.6. The van der Waals surface area contributed by atoms with Gasteiger partial charge in [-0.3, -0.25) is 0 Å². The average molecular weight is 374 g/mol. The van der Waals surface area contributed by atoms with Gasteiger partial charge in [0.2, 0.25) is 0 Å². The second-order valence-electron chi connectivity index (χ2n) is 5.42. The monoisotopic (exact) mass is 374 g/mol. The van der Waals surface area contributed by atoms with Crippen LogP contribution < -0.4 is 8.92 Å². The Kier molecular flexibility index (Phi) is 5.20. The molecular weight excluding hydrogens is 355 g/mol. The maximum absolute atomic E-state index is 6.79. The van der Waals surface area contributed by atoms with E-state index in [0.29, 0.717) is 0 Å². The summed E-state index contributed by atoms with van der Waals surface area (Å²) in [6, 6.07) is 21.5. The Morgan fingerprint density at radius 2 is 1.68 bits per heavy atom. The zero-order valence-electron chi connectivity index (χ0n) is 12.7. The van der Waals surface area contributed by atoms with Crippen LogP contribution in [-0.4, -0.2) is 15.0 Å². The minimum atomic E-state index is 0.255. The van der Waals surface area contributed by atoms with Crippen LogP contribution in [0.1, 0.15) is 25.3 Å². The van der Waals surface area contributed by atoms with Crippen molar-refractivity contribution in [3.8, 4) is 0 Å². The minimum absolute atomic E-state index is 0.255. The second-order valence-corrected chi connectivity index (χ2v) is 8.07. The molecule has 0 nitrogen and oxygen atoms in total. The first-order valence-electron chi connectivity index (χ1n) is 7.72. The van der Waals surface area contributed by atoms with E-state index in [4.69, 9.17) is 11.6 Å². The number of rotatable bonds is 5. The molecule has 3 aromatic carbocycles. The predicted octanol–water partition coefficient (Wildman–Crippen LogP) is 4.49. The predicted molar refractivity (Wildman–Crippen MR) is 99.0 cm³/mol. The van der Waals surface area contributed by atoms with Crippen molar-refractivity contribution in [1.82, 2.24) is 0 Å². The molecule has 0 saturated carbocycles. The van der Waals surface area contributed by atoms with Crippen LogP contribution in [0.2, 0.25) is 5.02 Å². The van der Waals surface area contributed by atoms with E-state index in [-0.39, 0.29) is 15.0 Å². The van der Waals surface area contributed by atoms with E-state index in [1.54, 1.807) is 0 Å². The van der Waals surface area contributed by atoms with Crippen molar-refractivity contribution >= 4 is 46.3 Å². The molecule has 0 heterocycles. The van der Waals surface area contributed by atoms with Gasteiger partial charge in [-0.2, -0.15) is 0 Å². The zero-order valence-corrected chi connectivity index (χ0v) is 15.2. The molecule has 2 heteroatoms. The zero-order chi connectivity index (χ0) is 15.4. The van der Waals surface area contributed by atoms with Crippen LogP contribution in [0.3, 0.4) is 0 Å². The van der Waals surface area contributed by atoms with Gasteiger partial charge in [-0.1, -0.05) is 0 Å². The molecular formula is C20H19ClSe. The molecule has 0 amide bonds. The number of hydrogen-bond acceptors (Lipinski definition) is 0. The molecule has 0 unspecified atom stereocenters. The number of benzene rings is 3. The van der Waals surface area contributed by atoms with Gasteiger partial charge in [0.15, 0.2) is 0 Å². The Labute approximate surface area is 143 Å². The summed E-state index contributed by atoms with van der Waals surface area (Å²) in [5.41, 5.74) is 1.43. The first-order valence-corrected chi connectivity index (χ1v) is 9.81. The summed E-state index contributed by atoms with van der Waals surface area (Å²) < 4.78 is 2.73. The summed E-state index contributed by atoms with van der Waals surface area (Å²) in [7, 11) is 0. The van der Waals surface area contributed by atoms with Gasteiger partial charge in [0.1, 0.15) is 0 Å². The molecule has 22 heavy (non-hydrogen) atoms. The van der Waals surface area contributed by atoms with Crippen molar-refractivity contribution < 1.29 is 0 Å². The first-order chi connectivity index (χ1) is 10.8. The Balaban J connectivity index is 2.10. The van der Waals surface area contributed by atoms with E-state index >= 15 is 0 Å². The molecule has 0 aliphatic rings. The van der Waals surface area contributed by atoms with E-state index < -0.39 is 0 Å². The summed E-state index contributed by atoms with van der Waals surface area (Å²) in [4.78, 5) is 0. The van der Waals surface area contributed by atoms with Gasteiger partial charge >= 0.3 is 144 Å². The Morgan fingerprint density at radius 1 is 0.955 bits per heavy atom. The van der Waals surface area contributed by atoms with Crippen molar-refractivity contribution in [1.29, 1.82) is 0 Å². The van der Waals surface area contributed by atoms with Gasteiger partial charge in [-0.05, 0) is 0 Å². The van der Waals surface area contributed by atoms with Crippen LogP contribution in [0, 0.1) is 0 Å². The SMILES string of the molecule is CCCCc1cc2ccccc2c(Cl)c1[Se]c1ccccc1. The van der Waals surface area contributed by atoms with Crippen LogP contribution in [-0.2, 0) is 6.42 Å². The number of unbranched alkanes of at least 4 members (excludes halogenated alkanes) is 1. The van der Waals surface area contributed by atoms with Gasteiger partial charge < -0.3 is 0 Å². The van der Waals surface area contributed by atoms with Crippen molar-refractivity contribution in [3.05, 3.63) is 71.2 Å². The summed E-state index contributed by atoms with van der Waals surface area (Å²) >= 11 is 7.05. The number of halogens is 1. The average Bonchev–Trinajstić information content (AvgIpc) is 2.57. The molecule has 0 bridgehead atoms. The Morgan fingerprint density at radius 3 is 2.45 bits per heavy atom. The van der Waals surface area contributed by atoms with E-state index in [1.807, 2.05) is 0 Å². The van der Waals surface area contributed by atoms with Gasteiger partial charge in [-0.15, -0.1) is 0 Å². The van der Waals surface area contributed by atoms with Crippen LogP contribution in [0.5, 0.6) is 0 Å². The maximum atomic E-state index is 6.79. The molecule has 0 aliphatic heterocycles. The van der Waals surface area contributed by atoms with Crippen LogP contribution in [0.25, 0.3) is 10.8 Å². The fraction of sp³-hybridized carbons (Fsp3) is 0.200. The number of aryl methyl sites for hydroxylation is 1. The molecule has 0 aliphatic carbocycles. The molecule has 112 valence electrons. The molecule has 0 saturated heterocycles. The normalized spacial score (nSPS) is 11.0. The number of fused-ring (bicyclic) bond motifs is 1. The van der Waals surface area contributed by atoms with Crippen LogP contribution in [0.15, 0.2) is 60.7 Å². The van der Waals surface area contributed by atoms with Crippen LogP contribution >= 0.6 is 11.6 Å². The molecule has 0 aromatic heterocycles. The molecule has 0 spiro atoms. The molecule has 0 atom stereocenters. The van der Waals surface area contributed by atoms with Gasteiger partial charge in [0.05, 0.1) is 0 Å². The molecule has 3 rings (SSSR count). The molecule has 0 N–H and O–H groups in total. The van der Waals surface area contributed by atoms with E-state index in [1.165, 1.54) is 38.1 Å². The van der Waals surface area contributed by atoms with Gasteiger partial charge in [0, 0.05) is 0 Å². The molecule has 0 fully saturated rings. The summed E-state index contributed by atoms with van der Waals surface area (Å²) in [5, 5.41) is 3.39. The van der Waals surface area contributed by atoms with E-state index in [0.717, 1.165) is 11.4 Å². The second kappa shape index (κ2) is 7.33. The quantitative estimate of drug-likeness (QED) is 0.578. The fourth-order valence-corrected chi connectivity index (χ4v) is 5.24. The van der Waals surface area contributed by atoms with Crippen molar-refractivity contribution in [2.24, 2.45) is 0 Å². The third-order valence-electron chi connectivity index (χ3n) is 3.78. The summed E-state index contributed by atoms with van der Waals surface area (Å²) in [5.74, 6) is 0. The third kappa shape index (κ3) is 3.38. The van der Waals surface area contributed by atoms with Crippen molar-refractivity contribution in [2.75, 3.05) is 0 Å². The van der Waals surface area contributed by atoms with Crippen LogP contribution in [0.4, 0.5) is 0 Å². The Bertz CT molecular complexity index is 765. The Hall–Kier alpha value is -1.27. The summed E-state index contributed by atoms with van der Waals surface area (Å²) in [6.45, 7) is 2.24. The topological polar surface area (TPSA) is 0 Å². The van der Waals surface area contributed by atoms with Crippen molar-refractivity contribution in [3.63, 3.8) is 0 Å². The third-order valence-corrected chi connectivity index (χ3v) is 6.90. The van der Waals surface area contributed by atoms with Gasteiger partial charge in [-0.25, -0.2) is 0 Å². The fourth-order valence-electron chi connectivity index (χ4n) is 2.61.